The Balaban J connectivity index is 2.17. The molecule has 0 bridgehead atoms. The fraction of sp³-hybridized carbons (Fsp3) is 0.562. The zero-order valence-corrected chi connectivity index (χ0v) is 11.5. The van der Waals surface area contributed by atoms with Gasteiger partial charge in [0.25, 0.3) is 0 Å². The van der Waals surface area contributed by atoms with E-state index in [-0.39, 0.29) is 17.0 Å². The van der Waals surface area contributed by atoms with Crippen LogP contribution in [-0.2, 0) is 11.2 Å². The maximum absolute atomic E-state index is 13.3. The van der Waals surface area contributed by atoms with Crippen LogP contribution in [-0.4, -0.2) is 12.3 Å². The second-order valence-electron chi connectivity index (χ2n) is 5.72. The summed E-state index contributed by atoms with van der Waals surface area (Å²) in [6, 6.07) is 4.64. The normalized spacial score (nSPS) is 18.3. The second-order valence-corrected chi connectivity index (χ2v) is 5.72. The smallest absolute Gasteiger partial charge is 0.144 e. The molecule has 1 fully saturated rings. The van der Waals surface area contributed by atoms with Crippen LogP contribution in [0.5, 0.6) is 0 Å². The van der Waals surface area contributed by atoms with E-state index in [4.69, 9.17) is 5.73 Å². The molecule has 19 heavy (non-hydrogen) atoms. The summed E-state index contributed by atoms with van der Waals surface area (Å²) in [4.78, 5) is 12.6. The Morgan fingerprint density at radius 1 is 1.32 bits per heavy atom. The van der Waals surface area contributed by atoms with Crippen LogP contribution < -0.4 is 5.73 Å². The van der Waals surface area contributed by atoms with E-state index in [0.717, 1.165) is 36.8 Å². The number of ketones is 1. The van der Waals surface area contributed by atoms with Gasteiger partial charge < -0.3 is 5.73 Å². The van der Waals surface area contributed by atoms with Gasteiger partial charge in [-0.05, 0) is 43.0 Å². The van der Waals surface area contributed by atoms with Gasteiger partial charge in [-0.15, -0.1) is 0 Å². The molecule has 0 unspecified atom stereocenters. The van der Waals surface area contributed by atoms with Crippen LogP contribution >= 0.6 is 0 Å². The van der Waals surface area contributed by atoms with Crippen molar-refractivity contribution in [2.24, 2.45) is 11.1 Å². The first-order valence-electron chi connectivity index (χ1n) is 7.06. The number of rotatable bonds is 4. The van der Waals surface area contributed by atoms with E-state index in [9.17, 15) is 9.18 Å². The summed E-state index contributed by atoms with van der Waals surface area (Å²) in [6.07, 6.45) is 5.42. The molecule has 2 rings (SSSR count). The maximum atomic E-state index is 13.3. The molecule has 1 aromatic carbocycles. The standard InChI is InChI=1S/C16H22FNO/c1-12-5-6-14(17)9-13(12)10-15(19)16(11-18)7-3-2-4-8-16/h5-6,9H,2-4,7-8,10-11,18H2,1H3. The van der Waals surface area contributed by atoms with Crippen LogP contribution in [0.3, 0.4) is 0 Å². The molecule has 0 heterocycles. The maximum Gasteiger partial charge on any atom is 0.144 e. The third-order valence-electron chi connectivity index (χ3n) is 4.46. The third-order valence-corrected chi connectivity index (χ3v) is 4.46. The van der Waals surface area contributed by atoms with Crippen molar-refractivity contribution < 1.29 is 9.18 Å². The van der Waals surface area contributed by atoms with Crippen molar-refractivity contribution in [1.82, 2.24) is 0 Å². The topological polar surface area (TPSA) is 43.1 Å². The van der Waals surface area contributed by atoms with E-state index in [2.05, 4.69) is 0 Å². The lowest BCUT2D eigenvalue weighted by Crippen LogP contribution is -2.41. The summed E-state index contributed by atoms with van der Waals surface area (Å²) in [5, 5.41) is 0. The van der Waals surface area contributed by atoms with Crippen molar-refractivity contribution in [3.63, 3.8) is 0 Å². The number of carbonyl (C=O) groups excluding carboxylic acids is 1. The number of nitrogens with two attached hydrogens (primary N) is 1. The molecule has 0 spiro atoms. The molecule has 0 radical (unpaired) electrons. The van der Waals surface area contributed by atoms with E-state index in [1.807, 2.05) is 6.92 Å². The Hall–Kier alpha value is -1.22. The van der Waals surface area contributed by atoms with E-state index in [1.54, 1.807) is 6.07 Å². The zero-order valence-electron chi connectivity index (χ0n) is 11.5. The number of benzene rings is 1. The lowest BCUT2D eigenvalue weighted by Gasteiger charge is -2.34. The molecule has 1 saturated carbocycles. The fourth-order valence-electron chi connectivity index (χ4n) is 3.02. The van der Waals surface area contributed by atoms with Gasteiger partial charge in [0, 0.05) is 18.4 Å². The minimum Gasteiger partial charge on any atom is -0.329 e. The van der Waals surface area contributed by atoms with Crippen molar-refractivity contribution in [2.75, 3.05) is 6.54 Å². The molecule has 0 atom stereocenters. The monoisotopic (exact) mass is 263 g/mol. The van der Waals surface area contributed by atoms with E-state index in [0.29, 0.717) is 13.0 Å². The summed E-state index contributed by atoms with van der Waals surface area (Å²) >= 11 is 0. The molecule has 0 aromatic heterocycles. The Bertz CT molecular complexity index is 464. The van der Waals surface area contributed by atoms with E-state index in [1.165, 1.54) is 18.6 Å². The molecule has 1 aromatic rings. The summed E-state index contributed by atoms with van der Waals surface area (Å²) in [5.41, 5.74) is 7.27. The van der Waals surface area contributed by atoms with Crippen molar-refractivity contribution in [1.29, 1.82) is 0 Å². The predicted octanol–water partition coefficient (Wildman–Crippen LogP) is 3.15. The van der Waals surface area contributed by atoms with Gasteiger partial charge in [-0.25, -0.2) is 4.39 Å². The van der Waals surface area contributed by atoms with Crippen molar-refractivity contribution >= 4 is 5.78 Å². The van der Waals surface area contributed by atoms with Crippen LogP contribution in [0.25, 0.3) is 0 Å². The van der Waals surface area contributed by atoms with Crippen LogP contribution in [0.2, 0.25) is 0 Å². The first-order valence-corrected chi connectivity index (χ1v) is 7.06. The highest BCUT2D eigenvalue weighted by Gasteiger charge is 2.37. The SMILES string of the molecule is Cc1ccc(F)cc1CC(=O)C1(CN)CCCCC1. The van der Waals surface area contributed by atoms with Gasteiger partial charge in [0.15, 0.2) is 0 Å². The van der Waals surface area contributed by atoms with Crippen LogP contribution in [0.15, 0.2) is 18.2 Å². The van der Waals surface area contributed by atoms with Crippen molar-refractivity contribution in [2.45, 2.75) is 45.4 Å². The minimum absolute atomic E-state index is 0.184. The molecule has 0 amide bonds. The molecule has 1 aliphatic carbocycles. The molecule has 104 valence electrons. The van der Waals surface area contributed by atoms with Gasteiger partial charge in [0.1, 0.15) is 11.6 Å². The third kappa shape index (κ3) is 3.03. The summed E-state index contributed by atoms with van der Waals surface area (Å²) in [6.45, 7) is 2.33. The molecule has 3 heteroatoms. The molecular weight excluding hydrogens is 241 g/mol. The molecular formula is C16H22FNO. The Kier molecular flexibility index (Phi) is 4.35. The number of hydrogen-bond donors (Lipinski definition) is 1. The van der Waals surface area contributed by atoms with Crippen molar-refractivity contribution in [3.8, 4) is 0 Å². The van der Waals surface area contributed by atoms with E-state index >= 15 is 0 Å². The number of carbonyl (C=O) groups is 1. The predicted molar refractivity (Wildman–Crippen MR) is 74.4 cm³/mol. The van der Waals surface area contributed by atoms with Crippen LogP contribution in [0.4, 0.5) is 4.39 Å². The average molecular weight is 263 g/mol. The number of halogens is 1. The van der Waals surface area contributed by atoms with E-state index < -0.39 is 0 Å². The summed E-state index contributed by atoms with van der Waals surface area (Å²) < 4.78 is 13.3. The summed E-state index contributed by atoms with van der Waals surface area (Å²) in [5.74, 6) is -0.0951. The van der Waals surface area contributed by atoms with Crippen LogP contribution in [0.1, 0.15) is 43.2 Å². The average Bonchev–Trinajstić information content (AvgIpc) is 2.43. The van der Waals surface area contributed by atoms with Gasteiger partial charge in [-0.1, -0.05) is 25.3 Å². The highest BCUT2D eigenvalue weighted by molar-refractivity contribution is 5.87. The van der Waals surface area contributed by atoms with Gasteiger partial charge in [-0.3, -0.25) is 4.79 Å². The molecule has 1 aliphatic rings. The van der Waals surface area contributed by atoms with Gasteiger partial charge in [0.2, 0.25) is 0 Å². The lowest BCUT2D eigenvalue weighted by atomic mass is 9.69. The Morgan fingerprint density at radius 3 is 2.63 bits per heavy atom. The lowest BCUT2D eigenvalue weighted by molar-refractivity contribution is -0.129. The van der Waals surface area contributed by atoms with Crippen molar-refractivity contribution in [3.05, 3.63) is 35.1 Å². The Morgan fingerprint density at radius 2 is 2.00 bits per heavy atom. The number of hydrogen-bond acceptors (Lipinski definition) is 2. The second kappa shape index (κ2) is 5.83. The van der Waals surface area contributed by atoms with Gasteiger partial charge in [-0.2, -0.15) is 0 Å². The van der Waals surface area contributed by atoms with Gasteiger partial charge in [0.05, 0.1) is 0 Å². The van der Waals surface area contributed by atoms with Gasteiger partial charge >= 0.3 is 0 Å². The molecule has 2 nitrogen and oxygen atoms in total. The number of aryl methyl sites for hydroxylation is 1. The zero-order chi connectivity index (χ0) is 13.9. The first kappa shape index (κ1) is 14.2. The largest absolute Gasteiger partial charge is 0.329 e. The number of Topliss-reactive ketones (excluding diaryl/α,β-unsaturated/α-hetero) is 1. The quantitative estimate of drug-likeness (QED) is 0.906. The molecule has 0 saturated heterocycles. The Labute approximate surface area is 114 Å². The summed E-state index contributed by atoms with van der Waals surface area (Å²) in [7, 11) is 0. The highest BCUT2D eigenvalue weighted by atomic mass is 19.1. The fourth-order valence-corrected chi connectivity index (χ4v) is 3.02. The first-order chi connectivity index (χ1) is 9.07. The highest BCUT2D eigenvalue weighted by Crippen LogP contribution is 2.37. The molecule has 0 aliphatic heterocycles. The minimum atomic E-state index is -0.364. The molecule has 2 N–H and O–H groups in total. The van der Waals surface area contributed by atoms with Crippen LogP contribution in [0, 0.1) is 18.2 Å².